The van der Waals surface area contributed by atoms with Gasteiger partial charge in [0.15, 0.2) is 0 Å². The number of benzene rings is 1. The topological polar surface area (TPSA) is 75.3 Å². The summed E-state index contributed by atoms with van der Waals surface area (Å²) >= 11 is 0. The van der Waals surface area contributed by atoms with Gasteiger partial charge in [0.05, 0.1) is 5.56 Å². The van der Waals surface area contributed by atoms with Crippen molar-refractivity contribution in [3.05, 3.63) is 35.4 Å². The molecule has 0 atom stereocenters. The summed E-state index contributed by atoms with van der Waals surface area (Å²) in [5.74, 6) is -0.162. The Hall–Kier alpha value is -1.39. The van der Waals surface area contributed by atoms with E-state index in [9.17, 15) is 4.79 Å². The van der Waals surface area contributed by atoms with Gasteiger partial charge in [0, 0.05) is 12.6 Å². The lowest BCUT2D eigenvalue weighted by Crippen LogP contribution is -2.31. The summed E-state index contributed by atoms with van der Waals surface area (Å²) in [6, 6.07) is 7.49. The van der Waals surface area contributed by atoms with Crippen LogP contribution in [0.3, 0.4) is 0 Å². The van der Waals surface area contributed by atoms with Crippen LogP contribution in [-0.2, 0) is 6.54 Å². The number of rotatable bonds is 5. The van der Waals surface area contributed by atoms with Gasteiger partial charge in [-0.1, -0.05) is 12.1 Å². The number of carboxylic acids is 1. The number of nitrogens with two attached hydrogens (primary N) is 1. The summed E-state index contributed by atoms with van der Waals surface area (Å²) in [5.41, 5.74) is 7.26. The second-order valence-corrected chi connectivity index (χ2v) is 5.42. The van der Waals surface area contributed by atoms with Crippen LogP contribution in [0, 0.1) is 5.92 Å². The molecular formula is C15H22N2O2. The number of carbonyl (C=O) groups is 1. The third-order valence-corrected chi connectivity index (χ3v) is 3.83. The largest absolute Gasteiger partial charge is 0.478 e. The van der Waals surface area contributed by atoms with Crippen molar-refractivity contribution in [3.8, 4) is 0 Å². The van der Waals surface area contributed by atoms with Crippen molar-refractivity contribution < 1.29 is 9.90 Å². The summed E-state index contributed by atoms with van der Waals surface area (Å²) in [6.45, 7) is 1.72. The number of hydrogen-bond donors (Lipinski definition) is 3. The second-order valence-electron chi connectivity index (χ2n) is 5.42. The molecule has 104 valence electrons. The Balaban J connectivity index is 1.76. The molecule has 4 heteroatoms. The first-order chi connectivity index (χ1) is 9.15. The molecular weight excluding hydrogens is 240 g/mol. The van der Waals surface area contributed by atoms with E-state index < -0.39 is 5.97 Å². The lowest BCUT2D eigenvalue weighted by molar-refractivity contribution is 0.0696. The van der Waals surface area contributed by atoms with Crippen molar-refractivity contribution in [2.24, 2.45) is 11.7 Å². The summed E-state index contributed by atoms with van der Waals surface area (Å²) < 4.78 is 0. The summed E-state index contributed by atoms with van der Waals surface area (Å²) in [5, 5.41) is 12.3. The number of aromatic carboxylic acids is 1. The Morgan fingerprint density at radius 3 is 2.74 bits per heavy atom. The molecule has 4 nitrogen and oxygen atoms in total. The molecule has 1 aromatic carbocycles. The molecule has 0 spiro atoms. The van der Waals surface area contributed by atoms with Gasteiger partial charge in [0.1, 0.15) is 0 Å². The molecule has 0 radical (unpaired) electrons. The van der Waals surface area contributed by atoms with Gasteiger partial charge < -0.3 is 16.2 Å². The van der Waals surface area contributed by atoms with Crippen molar-refractivity contribution >= 4 is 5.97 Å². The van der Waals surface area contributed by atoms with E-state index in [1.54, 1.807) is 18.2 Å². The zero-order chi connectivity index (χ0) is 13.7. The van der Waals surface area contributed by atoms with E-state index in [1.165, 1.54) is 12.8 Å². The normalized spacial score (nSPS) is 23.2. The van der Waals surface area contributed by atoms with Crippen LogP contribution in [0.15, 0.2) is 24.3 Å². The van der Waals surface area contributed by atoms with Crippen molar-refractivity contribution in [1.82, 2.24) is 5.32 Å². The molecule has 0 aromatic heterocycles. The Morgan fingerprint density at radius 1 is 1.32 bits per heavy atom. The van der Waals surface area contributed by atoms with Gasteiger partial charge >= 0.3 is 5.97 Å². The van der Waals surface area contributed by atoms with E-state index in [1.807, 2.05) is 6.07 Å². The van der Waals surface area contributed by atoms with E-state index >= 15 is 0 Å². The first-order valence-corrected chi connectivity index (χ1v) is 6.93. The molecule has 4 N–H and O–H groups in total. The average Bonchev–Trinajstić information content (AvgIpc) is 2.41. The third-order valence-electron chi connectivity index (χ3n) is 3.83. The first kappa shape index (κ1) is 14.0. The molecule has 0 aliphatic heterocycles. The van der Waals surface area contributed by atoms with Crippen molar-refractivity contribution in [1.29, 1.82) is 0 Å². The summed E-state index contributed by atoms with van der Waals surface area (Å²) in [7, 11) is 0. The zero-order valence-electron chi connectivity index (χ0n) is 11.1. The van der Waals surface area contributed by atoms with Crippen molar-refractivity contribution in [2.75, 3.05) is 6.54 Å². The average molecular weight is 262 g/mol. The standard InChI is InChI=1S/C15H22N2O2/c16-14-6-4-11(5-7-14)9-17-10-12-2-1-3-13(8-12)15(18)19/h1-3,8,11,14,17H,4-7,9-10,16H2,(H,18,19)/t11-,14-. The molecule has 2 rings (SSSR count). The molecule has 0 heterocycles. The van der Waals surface area contributed by atoms with Gasteiger partial charge in [-0.15, -0.1) is 0 Å². The fourth-order valence-corrected chi connectivity index (χ4v) is 2.63. The highest BCUT2D eigenvalue weighted by molar-refractivity contribution is 5.87. The SMILES string of the molecule is N[C@H]1CC[C@H](CNCc2cccc(C(=O)O)c2)CC1. The number of hydrogen-bond acceptors (Lipinski definition) is 3. The quantitative estimate of drug-likeness (QED) is 0.758. The van der Waals surface area contributed by atoms with E-state index in [0.29, 0.717) is 17.5 Å². The van der Waals surface area contributed by atoms with Crippen LogP contribution in [0.5, 0.6) is 0 Å². The van der Waals surface area contributed by atoms with Crippen LogP contribution in [-0.4, -0.2) is 23.7 Å². The minimum Gasteiger partial charge on any atom is -0.478 e. The van der Waals surface area contributed by atoms with Gasteiger partial charge in [-0.25, -0.2) is 4.79 Å². The van der Waals surface area contributed by atoms with E-state index in [2.05, 4.69) is 5.32 Å². The van der Waals surface area contributed by atoms with Crippen LogP contribution >= 0.6 is 0 Å². The number of carboxylic acid groups (broad SMARTS) is 1. The van der Waals surface area contributed by atoms with Crippen LogP contribution in [0.4, 0.5) is 0 Å². The highest BCUT2D eigenvalue weighted by Gasteiger charge is 2.17. The monoisotopic (exact) mass is 262 g/mol. The molecule has 0 amide bonds. The third kappa shape index (κ3) is 4.33. The predicted octanol–water partition coefficient (Wildman–Crippen LogP) is 1.99. The molecule has 1 aliphatic rings. The second kappa shape index (κ2) is 6.68. The van der Waals surface area contributed by atoms with Crippen molar-refractivity contribution in [3.63, 3.8) is 0 Å². The van der Waals surface area contributed by atoms with Gasteiger partial charge in [-0.05, 0) is 55.8 Å². The smallest absolute Gasteiger partial charge is 0.335 e. The van der Waals surface area contributed by atoms with E-state index in [0.717, 1.165) is 31.5 Å². The van der Waals surface area contributed by atoms with Crippen molar-refractivity contribution in [2.45, 2.75) is 38.3 Å². The minimum atomic E-state index is -0.872. The van der Waals surface area contributed by atoms with Gasteiger partial charge in [-0.3, -0.25) is 0 Å². The zero-order valence-corrected chi connectivity index (χ0v) is 11.1. The molecule has 0 saturated heterocycles. The van der Waals surface area contributed by atoms with Crippen LogP contribution in [0.2, 0.25) is 0 Å². The van der Waals surface area contributed by atoms with E-state index in [-0.39, 0.29) is 0 Å². The Bertz CT molecular complexity index is 426. The van der Waals surface area contributed by atoms with E-state index in [4.69, 9.17) is 10.8 Å². The fourth-order valence-electron chi connectivity index (χ4n) is 2.63. The van der Waals surface area contributed by atoms with Crippen LogP contribution < -0.4 is 11.1 Å². The molecule has 0 bridgehead atoms. The predicted molar refractivity (Wildman–Crippen MR) is 75.0 cm³/mol. The highest BCUT2D eigenvalue weighted by Crippen LogP contribution is 2.22. The fraction of sp³-hybridized carbons (Fsp3) is 0.533. The van der Waals surface area contributed by atoms with Crippen LogP contribution in [0.1, 0.15) is 41.6 Å². The maximum Gasteiger partial charge on any atom is 0.335 e. The Morgan fingerprint density at radius 2 is 2.05 bits per heavy atom. The molecule has 1 aliphatic carbocycles. The highest BCUT2D eigenvalue weighted by atomic mass is 16.4. The van der Waals surface area contributed by atoms with Gasteiger partial charge in [0.25, 0.3) is 0 Å². The molecule has 1 aromatic rings. The maximum absolute atomic E-state index is 10.9. The van der Waals surface area contributed by atoms with Gasteiger partial charge in [0.2, 0.25) is 0 Å². The summed E-state index contributed by atoms with van der Waals surface area (Å²) in [6.07, 6.45) is 4.65. The lowest BCUT2D eigenvalue weighted by atomic mass is 9.86. The minimum absolute atomic E-state index is 0.350. The van der Waals surface area contributed by atoms with Crippen LogP contribution in [0.25, 0.3) is 0 Å². The lowest BCUT2D eigenvalue weighted by Gasteiger charge is -2.26. The molecule has 1 saturated carbocycles. The number of nitrogens with one attached hydrogen (secondary N) is 1. The Labute approximate surface area is 114 Å². The molecule has 19 heavy (non-hydrogen) atoms. The Kier molecular flexibility index (Phi) is 4.93. The molecule has 1 fully saturated rings. The van der Waals surface area contributed by atoms with Gasteiger partial charge in [-0.2, -0.15) is 0 Å². The maximum atomic E-state index is 10.9. The first-order valence-electron chi connectivity index (χ1n) is 6.93. The summed E-state index contributed by atoms with van der Waals surface area (Å²) in [4.78, 5) is 10.9. The molecule has 0 unspecified atom stereocenters.